The third kappa shape index (κ3) is 10.6. The standard InChI is InChI=1S/C47H29N3O.C24H16BNO3.C23H15BrN2/c1-5-16-42-36(12-1)37-13-2-6-17-43(37)49(42)34-11-9-10-30(25-34)32-24-33(29-48-28-32)31-20-22-46-40(26-31)41-27-35(21-23-47(41)51-46)50-44-18-7-3-14-38(44)39-15-4-8-19-45(39)50;27-25(28)15-9-11-23-19(13-15)20-14-16(10-12-24(20)29-23)26-21-7-3-1-5-17(21)18-6-2-4-8-22(18)26;24-18-12-17(14-25-15-18)16-6-5-7-19(13-16)26-22-10-3-1-8-20(22)21-9-2-4-11-23(21)26/h1-29H;1-14,27-28H;1-15H. The molecular weight excluding hydrogens is 1370 g/mol. The van der Waals surface area contributed by atoms with Crippen molar-refractivity contribution in [3.05, 3.63) is 357 Å². The Balaban J connectivity index is 0.000000115. The molecule has 0 aliphatic heterocycles. The summed E-state index contributed by atoms with van der Waals surface area (Å²) in [5, 5.41) is 33.1. The van der Waals surface area contributed by atoms with Gasteiger partial charge in [-0.05, 0) is 178 Å². The summed E-state index contributed by atoms with van der Waals surface area (Å²) >= 11 is 3.51. The van der Waals surface area contributed by atoms with Gasteiger partial charge in [0.15, 0.2) is 0 Å². The lowest BCUT2D eigenvalue weighted by molar-refractivity contribution is 0.426. The molecule has 14 aromatic carbocycles. The number of pyridine rings is 2. The van der Waals surface area contributed by atoms with E-state index < -0.39 is 7.12 Å². The van der Waals surface area contributed by atoms with Crippen molar-refractivity contribution in [2.75, 3.05) is 0 Å². The molecule has 106 heavy (non-hydrogen) atoms. The summed E-state index contributed by atoms with van der Waals surface area (Å²) in [5.41, 5.74) is 24.2. The van der Waals surface area contributed by atoms with Crippen molar-refractivity contribution in [1.82, 2.24) is 28.2 Å². The third-order valence-electron chi connectivity index (χ3n) is 20.7. The summed E-state index contributed by atoms with van der Waals surface area (Å²) in [4.78, 5) is 9.03. The summed E-state index contributed by atoms with van der Waals surface area (Å²) in [6.45, 7) is 0. The van der Waals surface area contributed by atoms with Crippen LogP contribution in [0.4, 0.5) is 0 Å². The molecule has 500 valence electrons. The van der Waals surface area contributed by atoms with Gasteiger partial charge in [-0.25, -0.2) is 0 Å². The second-order valence-corrected chi connectivity index (χ2v) is 27.8. The molecule has 0 spiro atoms. The van der Waals surface area contributed by atoms with Gasteiger partial charge in [-0.2, -0.15) is 0 Å². The minimum absolute atomic E-state index is 0.447. The maximum Gasteiger partial charge on any atom is 0.488 e. The van der Waals surface area contributed by atoms with Crippen molar-refractivity contribution < 1.29 is 18.9 Å². The lowest BCUT2D eigenvalue weighted by atomic mass is 9.80. The highest BCUT2D eigenvalue weighted by Crippen LogP contribution is 2.41. The van der Waals surface area contributed by atoms with E-state index in [2.05, 4.69) is 343 Å². The van der Waals surface area contributed by atoms with E-state index in [1.54, 1.807) is 24.4 Å². The van der Waals surface area contributed by atoms with Crippen LogP contribution in [-0.4, -0.2) is 45.4 Å². The largest absolute Gasteiger partial charge is 0.488 e. The van der Waals surface area contributed by atoms with Crippen molar-refractivity contribution in [3.8, 4) is 56.1 Å². The smallest absolute Gasteiger partial charge is 0.456 e. The highest BCUT2D eigenvalue weighted by molar-refractivity contribution is 9.10. The molecule has 0 radical (unpaired) electrons. The zero-order valence-electron chi connectivity index (χ0n) is 56.8. The molecule has 22 rings (SSSR count). The van der Waals surface area contributed by atoms with E-state index in [1.807, 2.05) is 24.7 Å². The molecule has 2 N–H and O–H groups in total. The molecule has 8 aromatic heterocycles. The molecule has 22 aromatic rings. The van der Waals surface area contributed by atoms with E-state index in [0.717, 1.165) is 116 Å². The zero-order valence-corrected chi connectivity index (χ0v) is 58.4. The van der Waals surface area contributed by atoms with E-state index >= 15 is 0 Å². The van der Waals surface area contributed by atoms with Crippen LogP contribution in [-0.2, 0) is 0 Å². The van der Waals surface area contributed by atoms with Crippen LogP contribution in [0.1, 0.15) is 0 Å². The Morgan fingerprint density at radius 2 is 0.528 bits per heavy atom. The Bertz CT molecular complexity index is 7050. The van der Waals surface area contributed by atoms with E-state index in [0.29, 0.717) is 5.46 Å². The zero-order chi connectivity index (χ0) is 70.5. The summed E-state index contributed by atoms with van der Waals surface area (Å²) in [6.07, 6.45) is 7.61. The number of halogens is 1. The number of aromatic nitrogens is 6. The Morgan fingerprint density at radius 1 is 0.236 bits per heavy atom. The van der Waals surface area contributed by atoms with Gasteiger partial charge in [0.1, 0.15) is 22.3 Å². The summed E-state index contributed by atoms with van der Waals surface area (Å²) in [5.74, 6) is 0. The number of hydrogen-bond donors (Lipinski definition) is 2. The average molecular weight is 1430 g/mol. The van der Waals surface area contributed by atoms with Crippen molar-refractivity contribution in [1.29, 1.82) is 0 Å². The molecule has 12 heteroatoms. The number of benzene rings is 14. The van der Waals surface area contributed by atoms with Gasteiger partial charge >= 0.3 is 7.12 Å². The molecule has 0 amide bonds. The summed E-state index contributed by atoms with van der Waals surface area (Å²) in [6, 6.07) is 114. The fraction of sp³-hybridized carbons (Fsp3) is 0. The first-order valence-electron chi connectivity index (χ1n) is 35.3. The van der Waals surface area contributed by atoms with Crippen LogP contribution in [0.25, 0.3) is 187 Å². The maximum atomic E-state index is 9.56. The van der Waals surface area contributed by atoms with Gasteiger partial charge in [0.25, 0.3) is 0 Å². The van der Waals surface area contributed by atoms with Crippen molar-refractivity contribution >= 4 is 160 Å². The molecule has 0 saturated carbocycles. The molecule has 0 aliphatic carbocycles. The SMILES string of the molecule is Brc1cncc(-c2cccc(-n3c4ccccc4c4ccccc43)c2)c1.OB(O)c1ccc2oc3ccc(-n4c5ccccc5c5ccccc54)cc3c2c1.c1cc(-c2cncc(-c3ccc4oc5ccc(-n6c7ccccc7c7ccccc76)cc5c4c3)c2)cc(-n2c3ccccc3c3ccccc32)c1. The summed E-state index contributed by atoms with van der Waals surface area (Å²) < 4.78 is 22.6. The second kappa shape index (κ2) is 25.6. The fourth-order valence-corrected chi connectivity index (χ4v) is 16.3. The van der Waals surface area contributed by atoms with Crippen LogP contribution < -0.4 is 5.46 Å². The first-order chi connectivity index (χ1) is 52.3. The molecule has 0 fully saturated rings. The minimum Gasteiger partial charge on any atom is -0.456 e. The predicted octanol–water partition coefficient (Wildman–Crippen LogP) is 23.5. The van der Waals surface area contributed by atoms with Crippen LogP contribution in [0.3, 0.4) is 0 Å². The second-order valence-electron chi connectivity index (χ2n) is 26.8. The Labute approximate surface area is 615 Å². The fourth-order valence-electron chi connectivity index (χ4n) is 15.9. The summed E-state index contributed by atoms with van der Waals surface area (Å²) in [7, 11) is -1.51. The number of fused-ring (bicyclic) bond motifs is 18. The Kier molecular flexibility index (Phi) is 15.1. The van der Waals surface area contributed by atoms with Crippen LogP contribution in [0, 0.1) is 0 Å². The van der Waals surface area contributed by atoms with Gasteiger partial charge in [0, 0.05) is 133 Å². The average Bonchev–Trinajstić information content (AvgIpc) is 1.48. The van der Waals surface area contributed by atoms with Crippen LogP contribution in [0.5, 0.6) is 0 Å². The number of hydrogen-bond acceptors (Lipinski definition) is 6. The molecule has 0 aliphatic rings. The normalized spacial score (nSPS) is 11.7. The predicted molar refractivity (Wildman–Crippen MR) is 441 cm³/mol. The number of furan rings is 2. The first-order valence-corrected chi connectivity index (χ1v) is 36.1. The topological polar surface area (TPSA) is 112 Å². The molecule has 0 unspecified atom stereocenters. The van der Waals surface area contributed by atoms with Gasteiger partial charge in [-0.3, -0.25) is 9.97 Å². The van der Waals surface area contributed by atoms with Gasteiger partial charge in [-0.15, -0.1) is 0 Å². The highest BCUT2D eigenvalue weighted by atomic mass is 79.9. The highest BCUT2D eigenvalue weighted by Gasteiger charge is 2.21. The molecule has 0 atom stereocenters. The number of rotatable bonds is 8. The lowest BCUT2D eigenvalue weighted by Gasteiger charge is -2.11. The monoisotopic (exact) mass is 1430 g/mol. The Hall–Kier alpha value is -13.4. The minimum atomic E-state index is -1.51. The van der Waals surface area contributed by atoms with E-state index in [4.69, 9.17) is 13.8 Å². The van der Waals surface area contributed by atoms with Crippen molar-refractivity contribution in [2.45, 2.75) is 0 Å². The van der Waals surface area contributed by atoms with E-state index in [9.17, 15) is 10.0 Å². The molecule has 0 bridgehead atoms. The van der Waals surface area contributed by atoms with E-state index in [1.165, 1.54) is 76.2 Å². The van der Waals surface area contributed by atoms with Gasteiger partial charge in [-0.1, -0.05) is 188 Å². The van der Waals surface area contributed by atoms with Crippen LogP contribution >= 0.6 is 15.9 Å². The number of para-hydroxylation sites is 8. The maximum absolute atomic E-state index is 9.56. The van der Waals surface area contributed by atoms with Gasteiger partial charge in [0.2, 0.25) is 0 Å². The first kappa shape index (κ1) is 62.4. The van der Waals surface area contributed by atoms with Crippen molar-refractivity contribution in [2.24, 2.45) is 0 Å². The van der Waals surface area contributed by atoms with E-state index in [-0.39, 0.29) is 0 Å². The quantitative estimate of drug-likeness (QED) is 0.147. The van der Waals surface area contributed by atoms with Crippen molar-refractivity contribution in [3.63, 3.8) is 0 Å². The van der Waals surface area contributed by atoms with Gasteiger partial charge < -0.3 is 37.2 Å². The molecular formula is C94H60BBrN6O4. The van der Waals surface area contributed by atoms with Crippen LogP contribution in [0.15, 0.2) is 366 Å². The molecule has 10 nitrogen and oxygen atoms in total. The molecule has 0 saturated heterocycles. The lowest BCUT2D eigenvalue weighted by Crippen LogP contribution is -2.29. The van der Waals surface area contributed by atoms with Crippen LogP contribution in [0.2, 0.25) is 0 Å². The number of nitrogens with zero attached hydrogens (tertiary/aromatic N) is 6. The third-order valence-corrected chi connectivity index (χ3v) is 21.1. The Morgan fingerprint density at radius 3 is 0.887 bits per heavy atom. The molecule has 8 heterocycles. The van der Waals surface area contributed by atoms with Gasteiger partial charge in [0.05, 0.1) is 44.1 Å².